The third-order valence-corrected chi connectivity index (χ3v) is 3.61. The first-order chi connectivity index (χ1) is 8.24. The summed E-state index contributed by atoms with van der Waals surface area (Å²) in [5.74, 6) is 0. The third kappa shape index (κ3) is 4.11. The summed E-state index contributed by atoms with van der Waals surface area (Å²) in [5.41, 5.74) is 7.75. The van der Waals surface area contributed by atoms with E-state index in [1.807, 2.05) is 23.7 Å². The number of hydrogen-bond acceptors (Lipinski definition) is 4. The van der Waals surface area contributed by atoms with E-state index < -0.39 is 0 Å². The van der Waals surface area contributed by atoms with Crippen LogP contribution in [0.15, 0.2) is 34.2 Å². The SMILES string of the molecule is Nc1cc(Br)cc(CNCCc2nccs2)c1. The Bertz CT molecular complexity index is 450. The maximum Gasteiger partial charge on any atom is 0.0937 e. The average molecular weight is 312 g/mol. The highest BCUT2D eigenvalue weighted by atomic mass is 79.9. The van der Waals surface area contributed by atoms with Gasteiger partial charge in [-0.25, -0.2) is 4.98 Å². The van der Waals surface area contributed by atoms with E-state index in [0.29, 0.717) is 0 Å². The maximum absolute atomic E-state index is 5.77. The Morgan fingerprint density at radius 2 is 2.24 bits per heavy atom. The number of benzene rings is 1. The second-order valence-electron chi connectivity index (χ2n) is 3.75. The summed E-state index contributed by atoms with van der Waals surface area (Å²) in [6.45, 7) is 1.76. The minimum atomic E-state index is 0.788. The fourth-order valence-electron chi connectivity index (χ4n) is 1.58. The van der Waals surface area contributed by atoms with Crippen LogP contribution in [0, 0.1) is 0 Å². The van der Waals surface area contributed by atoms with Gasteiger partial charge in [-0.15, -0.1) is 11.3 Å². The summed E-state index contributed by atoms with van der Waals surface area (Å²) in [7, 11) is 0. The van der Waals surface area contributed by atoms with Gasteiger partial charge in [0.15, 0.2) is 0 Å². The van der Waals surface area contributed by atoms with Crippen molar-refractivity contribution in [1.29, 1.82) is 0 Å². The normalized spacial score (nSPS) is 10.6. The van der Waals surface area contributed by atoms with Gasteiger partial charge in [0.2, 0.25) is 0 Å². The molecule has 1 aromatic heterocycles. The van der Waals surface area contributed by atoms with Crippen molar-refractivity contribution in [2.45, 2.75) is 13.0 Å². The number of nitrogens with one attached hydrogen (secondary N) is 1. The van der Waals surface area contributed by atoms with Crippen LogP contribution < -0.4 is 11.1 Å². The van der Waals surface area contributed by atoms with E-state index in [2.05, 4.69) is 32.3 Å². The van der Waals surface area contributed by atoms with Crippen molar-refractivity contribution in [3.63, 3.8) is 0 Å². The number of anilines is 1. The highest BCUT2D eigenvalue weighted by Crippen LogP contribution is 2.17. The molecule has 3 N–H and O–H groups in total. The molecule has 0 unspecified atom stereocenters. The third-order valence-electron chi connectivity index (χ3n) is 2.31. The second kappa shape index (κ2) is 6.14. The van der Waals surface area contributed by atoms with Gasteiger partial charge < -0.3 is 11.1 Å². The van der Waals surface area contributed by atoms with Crippen LogP contribution in [0.3, 0.4) is 0 Å². The molecule has 0 amide bonds. The number of hydrogen-bond donors (Lipinski definition) is 2. The van der Waals surface area contributed by atoms with Crippen LogP contribution in [0.5, 0.6) is 0 Å². The topological polar surface area (TPSA) is 50.9 Å². The fourth-order valence-corrected chi connectivity index (χ4v) is 2.76. The monoisotopic (exact) mass is 311 g/mol. The molecule has 0 saturated carbocycles. The van der Waals surface area contributed by atoms with E-state index in [1.54, 1.807) is 11.3 Å². The molecule has 0 radical (unpaired) electrons. The van der Waals surface area contributed by atoms with Crippen molar-refractivity contribution in [3.8, 4) is 0 Å². The molecular formula is C12H14BrN3S. The van der Waals surface area contributed by atoms with Gasteiger partial charge in [0.25, 0.3) is 0 Å². The van der Waals surface area contributed by atoms with Crippen LogP contribution >= 0.6 is 27.3 Å². The average Bonchev–Trinajstić information content (AvgIpc) is 2.76. The Hall–Kier alpha value is -0.910. The maximum atomic E-state index is 5.77. The van der Waals surface area contributed by atoms with Gasteiger partial charge in [0.05, 0.1) is 5.01 Å². The number of nitrogen functional groups attached to an aromatic ring is 1. The number of nitrogens with zero attached hydrogens (tertiary/aromatic N) is 1. The molecule has 2 rings (SSSR count). The van der Waals surface area contributed by atoms with Crippen LogP contribution in [0.25, 0.3) is 0 Å². The lowest BCUT2D eigenvalue weighted by atomic mass is 10.2. The molecule has 0 saturated heterocycles. The predicted molar refractivity (Wildman–Crippen MR) is 76.1 cm³/mol. The Morgan fingerprint density at radius 3 is 2.94 bits per heavy atom. The van der Waals surface area contributed by atoms with Gasteiger partial charge >= 0.3 is 0 Å². The van der Waals surface area contributed by atoms with Crippen molar-refractivity contribution in [3.05, 3.63) is 44.8 Å². The summed E-state index contributed by atoms with van der Waals surface area (Å²) in [5, 5.41) is 6.56. The molecular weight excluding hydrogens is 298 g/mol. The van der Waals surface area contributed by atoms with Crippen LogP contribution in [0.4, 0.5) is 5.69 Å². The lowest BCUT2D eigenvalue weighted by molar-refractivity contribution is 0.685. The molecule has 17 heavy (non-hydrogen) atoms. The fraction of sp³-hybridized carbons (Fsp3) is 0.250. The van der Waals surface area contributed by atoms with Gasteiger partial charge in [0, 0.05) is 41.2 Å². The molecule has 0 aliphatic heterocycles. The van der Waals surface area contributed by atoms with Gasteiger partial charge in [-0.3, -0.25) is 0 Å². The van der Waals surface area contributed by atoms with E-state index in [9.17, 15) is 0 Å². The van der Waals surface area contributed by atoms with E-state index in [-0.39, 0.29) is 0 Å². The number of thiazole rings is 1. The van der Waals surface area contributed by atoms with Crippen molar-refractivity contribution in [2.75, 3.05) is 12.3 Å². The number of rotatable bonds is 5. The summed E-state index contributed by atoms with van der Waals surface area (Å²) in [6, 6.07) is 5.97. The minimum absolute atomic E-state index is 0.788. The van der Waals surface area contributed by atoms with Crippen molar-refractivity contribution in [1.82, 2.24) is 10.3 Å². The van der Waals surface area contributed by atoms with Crippen molar-refractivity contribution < 1.29 is 0 Å². The molecule has 1 heterocycles. The van der Waals surface area contributed by atoms with Gasteiger partial charge in [-0.2, -0.15) is 0 Å². The summed E-state index contributed by atoms with van der Waals surface area (Å²) in [6.07, 6.45) is 2.82. The molecule has 5 heteroatoms. The van der Waals surface area contributed by atoms with Gasteiger partial charge in [0.1, 0.15) is 0 Å². The van der Waals surface area contributed by atoms with Crippen LogP contribution in [-0.4, -0.2) is 11.5 Å². The Balaban J connectivity index is 1.78. The first kappa shape index (κ1) is 12.5. The smallest absolute Gasteiger partial charge is 0.0937 e. The Morgan fingerprint density at radius 1 is 1.35 bits per heavy atom. The van der Waals surface area contributed by atoms with Gasteiger partial charge in [-0.05, 0) is 23.8 Å². The quantitative estimate of drug-likeness (QED) is 0.659. The van der Waals surface area contributed by atoms with E-state index in [4.69, 9.17) is 5.73 Å². The first-order valence-corrected chi connectivity index (χ1v) is 7.05. The standard InChI is InChI=1S/C12H14BrN3S/c13-10-5-9(6-11(14)7-10)8-15-2-1-12-16-3-4-17-12/h3-7,15H,1-2,8,14H2. The molecule has 1 aromatic carbocycles. The van der Waals surface area contributed by atoms with Crippen LogP contribution in [0.2, 0.25) is 0 Å². The summed E-state index contributed by atoms with van der Waals surface area (Å²) in [4.78, 5) is 4.24. The van der Waals surface area contributed by atoms with Crippen LogP contribution in [0.1, 0.15) is 10.6 Å². The second-order valence-corrected chi connectivity index (χ2v) is 5.64. The highest BCUT2D eigenvalue weighted by Gasteiger charge is 1.98. The van der Waals surface area contributed by atoms with Gasteiger partial charge in [-0.1, -0.05) is 15.9 Å². The molecule has 3 nitrogen and oxygen atoms in total. The zero-order valence-electron chi connectivity index (χ0n) is 9.32. The zero-order valence-corrected chi connectivity index (χ0v) is 11.7. The first-order valence-electron chi connectivity index (χ1n) is 5.38. The Labute approximate surface area is 113 Å². The minimum Gasteiger partial charge on any atom is -0.399 e. The molecule has 0 atom stereocenters. The lowest BCUT2D eigenvalue weighted by Crippen LogP contribution is -2.16. The van der Waals surface area contributed by atoms with Crippen LogP contribution in [-0.2, 0) is 13.0 Å². The number of halogens is 1. The molecule has 0 spiro atoms. The Kier molecular flexibility index (Phi) is 4.53. The largest absolute Gasteiger partial charge is 0.399 e. The highest BCUT2D eigenvalue weighted by molar-refractivity contribution is 9.10. The predicted octanol–water partition coefficient (Wildman–Crippen LogP) is 2.82. The summed E-state index contributed by atoms with van der Waals surface area (Å²) < 4.78 is 1.02. The van der Waals surface area contributed by atoms with E-state index in [0.717, 1.165) is 29.7 Å². The molecule has 0 bridgehead atoms. The lowest BCUT2D eigenvalue weighted by Gasteiger charge is -2.05. The number of nitrogens with two attached hydrogens (primary N) is 1. The van der Waals surface area contributed by atoms with Crippen molar-refractivity contribution >= 4 is 33.0 Å². The molecule has 0 aliphatic carbocycles. The van der Waals surface area contributed by atoms with Crippen molar-refractivity contribution in [2.24, 2.45) is 0 Å². The molecule has 90 valence electrons. The molecule has 0 fully saturated rings. The molecule has 2 aromatic rings. The summed E-state index contributed by atoms with van der Waals surface area (Å²) >= 11 is 5.13. The number of aromatic nitrogens is 1. The molecule has 0 aliphatic rings. The van der Waals surface area contributed by atoms with E-state index >= 15 is 0 Å². The zero-order chi connectivity index (χ0) is 12.1. The van der Waals surface area contributed by atoms with E-state index in [1.165, 1.54) is 10.6 Å².